The quantitative estimate of drug-likeness (QED) is 0.880. The SMILES string of the molecule is O=S(=O)(NC1CC1)c1ccc(C2CCNCC2)cc1. The first-order valence-corrected chi connectivity index (χ1v) is 8.46. The zero-order chi connectivity index (χ0) is 13.3. The zero-order valence-electron chi connectivity index (χ0n) is 10.9. The monoisotopic (exact) mass is 280 g/mol. The van der Waals surface area contributed by atoms with Crippen LogP contribution in [0.25, 0.3) is 0 Å². The molecule has 1 aromatic rings. The van der Waals surface area contributed by atoms with Gasteiger partial charge in [0.2, 0.25) is 10.0 Å². The number of benzene rings is 1. The first kappa shape index (κ1) is 13.1. The first-order valence-electron chi connectivity index (χ1n) is 6.98. The maximum absolute atomic E-state index is 12.0. The fraction of sp³-hybridized carbons (Fsp3) is 0.571. The molecule has 2 aliphatic rings. The summed E-state index contributed by atoms with van der Waals surface area (Å²) in [5.41, 5.74) is 1.26. The first-order chi connectivity index (χ1) is 9.15. The number of rotatable bonds is 4. The molecule has 0 aromatic heterocycles. The molecular weight excluding hydrogens is 260 g/mol. The molecule has 1 aromatic carbocycles. The van der Waals surface area contributed by atoms with Crippen molar-refractivity contribution in [3.8, 4) is 0 Å². The Bertz CT molecular complexity index is 529. The van der Waals surface area contributed by atoms with Crippen LogP contribution in [0.15, 0.2) is 29.2 Å². The van der Waals surface area contributed by atoms with E-state index < -0.39 is 10.0 Å². The van der Waals surface area contributed by atoms with Gasteiger partial charge in [0.15, 0.2) is 0 Å². The summed E-state index contributed by atoms with van der Waals surface area (Å²) in [6.45, 7) is 2.10. The maximum atomic E-state index is 12.0. The van der Waals surface area contributed by atoms with E-state index in [0.717, 1.165) is 38.8 Å². The fourth-order valence-corrected chi connectivity index (χ4v) is 3.87. The molecule has 3 rings (SSSR count). The van der Waals surface area contributed by atoms with Crippen LogP contribution in [-0.4, -0.2) is 27.5 Å². The van der Waals surface area contributed by atoms with Gasteiger partial charge in [-0.2, -0.15) is 0 Å². The molecule has 0 unspecified atom stereocenters. The van der Waals surface area contributed by atoms with Gasteiger partial charge in [0.1, 0.15) is 0 Å². The molecule has 1 aliphatic carbocycles. The van der Waals surface area contributed by atoms with Crippen molar-refractivity contribution in [1.82, 2.24) is 10.0 Å². The van der Waals surface area contributed by atoms with Gasteiger partial charge in [-0.15, -0.1) is 0 Å². The molecule has 0 bridgehead atoms. The average molecular weight is 280 g/mol. The van der Waals surface area contributed by atoms with E-state index in [1.807, 2.05) is 12.1 Å². The Labute approximate surface area is 114 Å². The minimum Gasteiger partial charge on any atom is -0.317 e. The third-order valence-electron chi connectivity index (χ3n) is 3.90. The van der Waals surface area contributed by atoms with Gasteiger partial charge in [0.25, 0.3) is 0 Å². The predicted molar refractivity (Wildman–Crippen MR) is 74.6 cm³/mol. The Hall–Kier alpha value is -0.910. The van der Waals surface area contributed by atoms with E-state index in [4.69, 9.17) is 0 Å². The summed E-state index contributed by atoms with van der Waals surface area (Å²) in [6, 6.07) is 7.58. The van der Waals surface area contributed by atoms with Gasteiger partial charge >= 0.3 is 0 Å². The number of hydrogen-bond donors (Lipinski definition) is 2. The summed E-state index contributed by atoms with van der Waals surface area (Å²) < 4.78 is 26.8. The van der Waals surface area contributed by atoms with Crippen LogP contribution in [0.4, 0.5) is 0 Å². The molecule has 0 atom stereocenters. The Morgan fingerprint density at radius 3 is 2.21 bits per heavy atom. The van der Waals surface area contributed by atoms with Gasteiger partial charge in [0.05, 0.1) is 4.90 Å². The van der Waals surface area contributed by atoms with E-state index in [9.17, 15) is 8.42 Å². The predicted octanol–water partition coefficient (Wildman–Crippen LogP) is 1.59. The Morgan fingerprint density at radius 1 is 1.00 bits per heavy atom. The molecule has 0 radical (unpaired) electrons. The van der Waals surface area contributed by atoms with Crippen LogP contribution in [0, 0.1) is 0 Å². The molecule has 1 saturated carbocycles. The van der Waals surface area contributed by atoms with Crippen LogP contribution in [0.1, 0.15) is 37.2 Å². The van der Waals surface area contributed by atoms with Crippen LogP contribution in [-0.2, 0) is 10.0 Å². The molecule has 104 valence electrons. The molecule has 0 spiro atoms. The molecular formula is C14H20N2O2S. The highest BCUT2D eigenvalue weighted by Gasteiger charge is 2.28. The summed E-state index contributed by atoms with van der Waals surface area (Å²) in [5, 5.41) is 3.34. The molecule has 1 heterocycles. The van der Waals surface area contributed by atoms with E-state index in [1.165, 1.54) is 5.56 Å². The van der Waals surface area contributed by atoms with Crippen molar-refractivity contribution >= 4 is 10.0 Å². The third kappa shape index (κ3) is 3.16. The lowest BCUT2D eigenvalue weighted by Gasteiger charge is -2.23. The summed E-state index contributed by atoms with van der Waals surface area (Å²) in [7, 11) is -3.31. The van der Waals surface area contributed by atoms with Crippen LogP contribution in [0.2, 0.25) is 0 Å². The number of nitrogens with one attached hydrogen (secondary N) is 2. The molecule has 2 N–H and O–H groups in total. The Balaban J connectivity index is 1.74. The Kier molecular flexibility index (Phi) is 3.60. The molecule has 2 fully saturated rings. The number of piperidine rings is 1. The average Bonchev–Trinajstić information content (AvgIpc) is 3.23. The van der Waals surface area contributed by atoms with Crippen molar-refractivity contribution in [2.24, 2.45) is 0 Å². The van der Waals surface area contributed by atoms with E-state index in [2.05, 4.69) is 10.0 Å². The van der Waals surface area contributed by atoms with E-state index in [1.54, 1.807) is 12.1 Å². The molecule has 0 amide bonds. The molecule has 1 saturated heterocycles. The highest BCUT2D eigenvalue weighted by molar-refractivity contribution is 7.89. The second-order valence-electron chi connectivity index (χ2n) is 5.49. The zero-order valence-corrected chi connectivity index (χ0v) is 11.7. The second kappa shape index (κ2) is 5.23. The molecule has 4 nitrogen and oxygen atoms in total. The number of hydrogen-bond acceptors (Lipinski definition) is 3. The lowest BCUT2D eigenvalue weighted by Crippen LogP contribution is -2.27. The lowest BCUT2D eigenvalue weighted by molar-refractivity contribution is 0.460. The molecule has 5 heteroatoms. The van der Waals surface area contributed by atoms with Crippen molar-refractivity contribution in [3.63, 3.8) is 0 Å². The van der Waals surface area contributed by atoms with Gasteiger partial charge in [-0.05, 0) is 62.4 Å². The van der Waals surface area contributed by atoms with Crippen LogP contribution in [0.3, 0.4) is 0 Å². The highest BCUT2D eigenvalue weighted by atomic mass is 32.2. The van der Waals surface area contributed by atoms with E-state index >= 15 is 0 Å². The fourth-order valence-electron chi connectivity index (χ4n) is 2.56. The Morgan fingerprint density at radius 2 is 1.63 bits per heavy atom. The van der Waals surface area contributed by atoms with Gasteiger partial charge in [-0.1, -0.05) is 12.1 Å². The van der Waals surface area contributed by atoms with Crippen LogP contribution >= 0.6 is 0 Å². The summed E-state index contributed by atoms with van der Waals surface area (Å²) in [4.78, 5) is 0.386. The van der Waals surface area contributed by atoms with Gasteiger partial charge in [-0.25, -0.2) is 13.1 Å². The van der Waals surface area contributed by atoms with Gasteiger partial charge in [-0.3, -0.25) is 0 Å². The smallest absolute Gasteiger partial charge is 0.240 e. The van der Waals surface area contributed by atoms with Crippen LogP contribution in [0.5, 0.6) is 0 Å². The minimum absolute atomic E-state index is 0.161. The largest absolute Gasteiger partial charge is 0.317 e. The highest BCUT2D eigenvalue weighted by Crippen LogP contribution is 2.27. The normalized spacial score (nSPS) is 21.5. The van der Waals surface area contributed by atoms with E-state index in [-0.39, 0.29) is 6.04 Å². The van der Waals surface area contributed by atoms with Crippen molar-refractivity contribution in [2.45, 2.75) is 42.5 Å². The maximum Gasteiger partial charge on any atom is 0.240 e. The van der Waals surface area contributed by atoms with Crippen molar-refractivity contribution < 1.29 is 8.42 Å². The summed E-state index contributed by atoms with van der Waals surface area (Å²) in [5.74, 6) is 0.564. The van der Waals surface area contributed by atoms with Crippen molar-refractivity contribution in [2.75, 3.05) is 13.1 Å². The summed E-state index contributed by atoms with van der Waals surface area (Å²) in [6.07, 6.45) is 4.19. The van der Waals surface area contributed by atoms with E-state index in [0.29, 0.717) is 10.8 Å². The second-order valence-corrected chi connectivity index (χ2v) is 7.20. The number of sulfonamides is 1. The topological polar surface area (TPSA) is 58.2 Å². The van der Waals surface area contributed by atoms with Crippen molar-refractivity contribution in [1.29, 1.82) is 0 Å². The molecule has 1 aliphatic heterocycles. The minimum atomic E-state index is -3.31. The third-order valence-corrected chi connectivity index (χ3v) is 5.44. The standard InChI is InChI=1S/C14H20N2O2S/c17-19(18,16-13-3-4-13)14-5-1-11(2-6-14)12-7-9-15-10-8-12/h1-2,5-6,12-13,15-16H,3-4,7-10H2. The molecule has 19 heavy (non-hydrogen) atoms. The van der Waals surface area contributed by atoms with Gasteiger partial charge < -0.3 is 5.32 Å². The van der Waals surface area contributed by atoms with Gasteiger partial charge in [0, 0.05) is 6.04 Å². The summed E-state index contributed by atoms with van der Waals surface area (Å²) >= 11 is 0. The van der Waals surface area contributed by atoms with Crippen LogP contribution < -0.4 is 10.0 Å². The lowest BCUT2D eigenvalue weighted by atomic mass is 9.90. The van der Waals surface area contributed by atoms with Crippen molar-refractivity contribution in [3.05, 3.63) is 29.8 Å².